The molecule has 0 fully saturated rings. The second kappa shape index (κ2) is 7.34. The Morgan fingerprint density at radius 3 is 2.41 bits per heavy atom. The number of hydrogen-bond acceptors (Lipinski definition) is 4. The molecule has 9 heteroatoms. The van der Waals surface area contributed by atoms with E-state index in [2.05, 4.69) is 4.74 Å². The summed E-state index contributed by atoms with van der Waals surface area (Å²) in [7, 11) is 0. The Bertz CT molecular complexity index is 891. The number of carboxylic acids is 1. The molecule has 0 aliphatic carbocycles. The number of hydrogen-bond donors (Lipinski definition) is 1. The van der Waals surface area contributed by atoms with Crippen LogP contribution in [0.2, 0.25) is 0 Å². The number of rotatable bonds is 5. The first kappa shape index (κ1) is 20.3. The van der Waals surface area contributed by atoms with E-state index in [1.54, 1.807) is 20.8 Å². The number of benzene rings is 1. The number of carboxylic acid groups (broad SMARTS) is 1. The maximum Gasteiger partial charge on any atom is 0.573 e. The normalized spacial score (nSPS) is 12.5. The maximum atomic E-state index is 12.4. The fourth-order valence-corrected chi connectivity index (χ4v) is 2.44. The molecule has 1 aromatic carbocycles. The van der Waals surface area contributed by atoms with Gasteiger partial charge in [-0.25, -0.2) is 4.79 Å². The molecular weight excluding hydrogens is 367 g/mol. The molecule has 1 heterocycles. The standard InChI is InChI=1S/C18H18F3NO5/c1-17(2,3)27-16(25)10-22-12(4-7-15(23)24)8-11-9-13(5-6-14(11)22)26-18(19,20)21/h4-9H,10H2,1-3H3,(H,23,24)/b7-4+. The predicted molar refractivity (Wildman–Crippen MR) is 91.1 cm³/mol. The summed E-state index contributed by atoms with van der Waals surface area (Å²) in [6.45, 7) is 4.86. The Hall–Kier alpha value is -2.97. The molecule has 2 rings (SSSR count). The number of nitrogens with zero attached hydrogens (tertiary/aromatic N) is 1. The van der Waals surface area contributed by atoms with Crippen molar-refractivity contribution in [3.63, 3.8) is 0 Å². The lowest BCUT2D eigenvalue weighted by Gasteiger charge is -2.20. The smallest absolute Gasteiger partial charge is 0.478 e. The van der Waals surface area contributed by atoms with Crippen LogP contribution in [0.25, 0.3) is 17.0 Å². The number of ether oxygens (including phenoxy) is 2. The fourth-order valence-electron chi connectivity index (χ4n) is 2.44. The van der Waals surface area contributed by atoms with Crippen LogP contribution in [-0.4, -0.2) is 33.6 Å². The Morgan fingerprint density at radius 2 is 1.85 bits per heavy atom. The Labute approximate surface area is 152 Å². The first-order chi connectivity index (χ1) is 12.3. The molecule has 2 aromatic rings. The SMILES string of the molecule is CC(C)(C)OC(=O)Cn1c(/C=C/C(=O)O)cc2cc(OC(F)(F)F)ccc21. The summed E-state index contributed by atoms with van der Waals surface area (Å²) in [5, 5.41) is 9.17. The van der Waals surface area contributed by atoms with Crippen LogP contribution in [-0.2, 0) is 20.9 Å². The highest BCUT2D eigenvalue weighted by Crippen LogP contribution is 2.29. The van der Waals surface area contributed by atoms with Gasteiger partial charge in [0.15, 0.2) is 0 Å². The molecule has 0 amide bonds. The average molecular weight is 385 g/mol. The topological polar surface area (TPSA) is 77.8 Å². The summed E-state index contributed by atoms with van der Waals surface area (Å²) >= 11 is 0. The molecule has 0 radical (unpaired) electrons. The third-order valence-electron chi connectivity index (χ3n) is 3.24. The summed E-state index contributed by atoms with van der Waals surface area (Å²) in [6.07, 6.45) is -2.72. The number of carbonyl (C=O) groups is 2. The van der Waals surface area contributed by atoms with Gasteiger partial charge in [0, 0.05) is 22.7 Å². The summed E-state index contributed by atoms with van der Waals surface area (Å²) in [6, 6.07) is 5.10. The van der Waals surface area contributed by atoms with Crippen LogP contribution >= 0.6 is 0 Å². The van der Waals surface area contributed by atoms with Gasteiger partial charge in [-0.1, -0.05) is 0 Å². The average Bonchev–Trinajstić information content (AvgIpc) is 2.78. The van der Waals surface area contributed by atoms with Gasteiger partial charge in [0.25, 0.3) is 0 Å². The lowest BCUT2D eigenvalue weighted by atomic mass is 10.2. The summed E-state index contributed by atoms with van der Waals surface area (Å²) in [4.78, 5) is 22.9. The highest BCUT2D eigenvalue weighted by atomic mass is 19.4. The van der Waals surface area contributed by atoms with Gasteiger partial charge >= 0.3 is 18.3 Å². The van der Waals surface area contributed by atoms with Crippen molar-refractivity contribution in [1.29, 1.82) is 0 Å². The zero-order valence-corrected chi connectivity index (χ0v) is 14.8. The van der Waals surface area contributed by atoms with Gasteiger partial charge in [-0.05, 0) is 51.1 Å². The summed E-state index contributed by atoms with van der Waals surface area (Å²) in [5.74, 6) is -2.19. The summed E-state index contributed by atoms with van der Waals surface area (Å²) in [5.41, 5.74) is 0.0352. The number of aromatic nitrogens is 1. The molecule has 0 spiro atoms. The van der Waals surface area contributed by atoms with Crippen LogP contribution in [0.15, 0.2) is 30.3 Å². The van der Waals surface area contributed by atoms with Crippen molar-refractivity contribution in [2.75, 3.05) is 0 Å². The van der Waals surface area contributed by atoms with E-state index in [4.69, 9.17) is 9.84 Å². The first-order valence-corrected chi connectivity index (χ1v) is 7.86. The van der Waals surface area contributed by atoms with Crippen molar-refractivity contribution in [1.82, 2.24) is 4.57 Å². The minimum atomic E-state index is -4.83. The molecule has 0 atom stereocenters. The first-order valence-electron chi connectivity index (χ1n) is 7.86. The second-order valence-electron chi connectivity index (χ2n) is 6.68. The van der Waals surface area contributed by atoms with Crippen molar-refractivity contribution < 1.29 is 37.3 Å². The minimum Gasteiger partial charge on any atom is -0.478 e. The van der Waals surface area contributed by atoms with Crippen LogP contribution in [0.3, 0.4) is 0 Å². The molecule has 0 saturated carbocycles. The quantitative estimate of drug-likeness (QED) is 0.622. The van der Waals surface area contributed by atoms with Crippen LogP contribution in [0.1, 0.15) is 26.5 Å². The van der Waals surface area contributed by atoms with E-state index in [0.717, 1.165) is 18.2 Å². The van der Waals surface area contributed by atoms with Crippen molar-refractivity contribution in [2.45, 2.75) is 39.3 Å². The molecule has 6 nitrogen and oxygen atoms in total. The summed E-state index contributed by atoms with van der Waals surface area (Å²) < 4.78 is 47.8. The number of alkyl halides is 3. The van der Waals surface area contributed by atoms with Gasteiger partial charge in [-0.15, -0.1) is 13.2 Å². The molecule has 0 unspecified atom stereocenters. The Morgan fingerprint density at radius 1 is 1.19 bits per heavy atom. The lowest BCUT2D eigenvalue weighted by molar-refractivity contribution is -0.274. The zero-order valence-electron chi connectivity index (χ0n) is 14.8. The largest absolute Gasteiger partial charge is 0.573 e. The number of aliphatic carboxylic acids is 1. The molecule has 146 valence electrons. The van der Waals surface area contributed by atoms with Gasteiger partial charge < -0.3 is 19.1 Å². The van der Waals surface area contributed by atoms with Crippen LogP contribution in [0.5, 0.6) is 5.75 Å². The molecular formula is C18H18F3NO5. The number of esters is 1. The van der Waals surface area contributed by atoms with Crippen molar-refractivity contribution in [3.8, 4) is 5.75 Å². The van der Waals surface area contributed by atoms with E-state index in [9.17, 15) is 22.8 Å². The highest BCUT2D eigenvalue weighted by molar-refractivity contribution is 5.90. The molecule has 0 aliphatic heterocycles. The van der Waals surface area contributed by atoms with Gasteiger partial charge in [0.1, 0.15) is 17.9 Å². The lowest BCUT2D eigenvalue weighted by Crippen LogP contribution is -2.26. The molecule has 0 saturated heterocycles. The second-order valence-corrected chi connectivity index (χ2v) is 6.68. The molecule has 1 N–H and O–H groups in total. The molecule has 27 heavy (non-hydrogen) atoms. The van der Waals surface area contributed by atoms with E-state index in [0.29, 0.717) is 16.6 Å². The van der Waals surface area contributed by atoms with Crippen LogP contribution < -0.4 is 4.74 Å². The Kier molecular flexibility index (Phi) is 5.53. The minimum absolute atomic E-state index is 0.237. The maximum absolute atomic E-state index is 12.4. The van der Waals surface area contributed by atoms with E-state index in [-0.39, 0.29) is 6.54 Å². The molecule has 0 aliphatic rings. The fraction of sp³-hybridized carbons (Fsp3) is 0.333. The van der Waals surface area contributed by atoms with E-state index >= 15 is 0 Å². The Balaban J connectivity index is 2.46. The van der Waals surface area contributed by atoms with E-state index in [1.165, 1.54) is 22.8 Å². The predicted octanol–water partition coefficient (Wildman–Crippen LogP) is 3.98. The van der Waals surface area contributed by atoms with Gasteiger partial charge in [0.05, 0.1) is 0 Å². The monoisotopic (exact) mass is 385 g/mol. The van der Waals surface area contributed by atoms with E-state index < -0.39 is 29.7 Å². The number of carbonyl (C=O) groups excluding carboxylic acids is 1. The van der Waals surface area contributed by atoms with Crippen LogP contribution in [0, 0.1) is 0 Å². The zero-order chi connectivity index (χ0) is 20.4. The van der Waals surface area contributed by atoms with Crippen molar-refractivity contribution >= 4 is 28.9 Å². The van der Waals surface area contributed by atoms with Gasteiger partial charge in [-0.2, -0.15) is 0 Å². The highest BCUT2D eigenvalue weighted by Gasteiger charge is 2.31. The van der Waals surface area contributed by atoms with Crippen LogP contribution in [0.4, 0.5) is 13.2 Å². The van der Waals surface area contributed by atoms with Gasteiger partial charge in [0.2, 0.25) is 0 Å². The number of halogens is 3. The third kappa shape index (κ3) is 6.05. The third-order valence-corrected chi connectivity index (χ3v) is 3.24. The van der Waals surface area contributed by atoms with Crippen molar-refractivity contribution in [3.05, 3.63) is 36.0 Å². The number of fused-ring (bicyclic) bond motifs is 1. The molecule has 0 bridgehead atoms. The van der Waals surface area contributed by atoms with Gasteiger partial charge in [-0.3, -0.25) is 4.79 Å². The van der Waals surface area contributed by atoms with Crippen molar-refractivity contribution in [2.24, 2.45) is 0 Å². The van der Waals surface area contributed by atoms with E-state index in [1.807, 2.05) is 0 Å². The molecule has 1 aromatic heterocycles.